The Balaban J connectivity index is 2.04. The van der Waals surface area contributed by atoms with Crippen LogP contribution in [0.15, 0.2) is 35.1 Å². The molecule has 0 spiro atoms. The van der Waals surface area contributed by atoms with E-state index < -0.39 is 0 Å². The molecule has 6 nitrogen and oxygen atoms in total. The van der Waals surface area contributed by atoms with E-state index in [9.17, 15) is 9.59 Å². The van der Waals surface area contributed by atoms with E-state index in [1.807, 2.05) is 30.3 Å². The molecule has 1 N–H and O–H groups in total. The van der Waals surface area contributed by atoms with E-state index in [2.05, 4.69) is 10.2 Å². The van der Waals surface area contributed by atoms with Gasteiger partial charge in [0.2, 0.25) is 0 Å². The van der Waals surface area contributed by atoms with Gasteiger partial charge in [-0.2, -0.15) is 5.10 Å². The molecule has 6 heteroatoms. The van der Waals surface area contributed by atoms with E-state index in [1.54, 1.807) is 11.8 Å². The van der Waals surface area contributed by atoms with Crippen molar-refractivity contribution in [2.45, 2.75) is 19.9 Å². The van der Waals surface area contributed by atoms with Crippen LogP contribution in [0.3, 0.4) is 0 Å². The fourth-order valence-corrected chi connectivity index (χ4v) is 2.69. The number of H-pyrrole nitrogens is 1. The van der Waals surface area contributed by atoms with Gasteiger partial charge in [0, 0.05) is 18.5 Å². The SMILES string of the molecule is CCOC(=O)N1CCc2n[nH]c(=O)c(-c3ccccc3)c2C1. The average Bonchev–Trinajstić information content (AvgIpc) is 2.55. The number of carbonyl (C=O) groups is 1. The van der Waals surface area contributed by atoms with E-state index in [0.29, 0.717) is 31.7 Å². The lowest BCUT2D eigenvalue weighted by Gasteiger charge is -2.28. The van der Waals surface area contributed by atoms with Gasteiger partial charge >= 0.3 is 6.09 Å². The normalized spacial score (nSPS) is 13.6. The number of aromatic amines is 1. The lowest BCUT2D eigenvalue weighted by Crippen LogP contribution is -2.38. The van der Waals surface area contributed by atoms with E-state index in [0.717, 1.165) is 16.8 Å². The van der Waals surface area contributed by atoms with Gasteiger partial charge in [-0.1, -0.05) is 30.3 Å². The van der Waals surface area contributed by atoms with Gasteiger partial charge < -0.3 is 9.64 Å². The molecule has 2 aromatic rings. The number of hydrogen-bond acceptors (Lipinski definition) is 4. The summed E-state index contributed by atoms with van der Waals surface area (Å²) in [5, 5.41) is 6.68. The molecule has 0 bridgehead atoms. The van der Waals surface area contributed by atoms with Crippen molar-refractivity contribution < 1.29 is 9.53 Å². The first kappa shape index (κ1) is 14.3. The van der Waals surface area contributed by atoms with Crippen LogP contribution in [0.4, 0.5) is 4.79 Å². The van der Waals surface area contributed by atoms with Gasteiger partial charge in [0.1, 0.15) is 0 Å². The van der Waals surface area contributed by atoms with E-state index in [-0.39, 0.29) is 11.7 Å². The maximum atomic E-state index is 12.2. The van der Waals surface area contributed by atoms with Crippen LogP contribution in [-0.4, -0.2) is 34.3 Å². The molecule has 2 heterocycles. The molecule has 0 saturated carbocycles. The Morgan fingerprint density at radius 3 is 2.86 bits per heavy atom. The summed E-state index contributed by atoms with van der Waals surface area (Å²) in [5.41, 5.74) is 2.80. The zero-order valence-electron chi connectivity index (χ0n) is 12.3. The van der Waals surface area contributed by atoms with Crippen LogP contribution in [-0.2, 0) is 17.7 Å². The van der Waals surface area contributed by atoms with Crippen molar-refractivity contribution in [3.8, 4) is 11.1 Å². The number of hydrogen-bond donors (Lipinski definition) is 1. The minimum atomic E-state index is -0.354. The molecule has 1 amide bonds. The van der Waals surface area contributed by atoms with Gasteiger partial charge in [-0.25, -0.2) is 9.89 Å². The molecule has 114 valence electrons. The third kappa shape index (κ3) is 2.59. The zero-order valence-corrected chi connectivity index (χ0v) is 12.3. The minimum absolute atomic E-state index is 0.240. The fourth-order valence-electron chi connectivity index (χ4n) is 2.69. The third-order valence-corrected chi connectivity index (χ3v) is 3.73. The largest absolute Gasteiger partial charge is 0.450 e. The second kappa shape index (κ2) is 6.01. The Labute approximate surface area is 127 Å². The Hall–Kier alpha value is -2.63. The highest BCUT2D eigenvalue weighted by Crippen LogP contribution is 2.26. The fraction of sp³-hybridized carbons (Fsp3) is 0.312. The molecular weight excluding hydrogens is 282 g/mol. The van der Waals surface area contributed by atoms with Crippen LogP contribution in [0.25, 0.3) is 11.1 Å². The maximum Gasteiger partial charge on any atom is 0.410 e. The molecule has 0 radical (unpaired) electrons. The molecule has 1 aliphatic rings. The van der Waals surface area contributed by atoms with Gasteiger partial charge in [0.25, 0.3) is 5.56 Å². The number of nitrogens with zero attached hydrogens (tertiary/aromatic N) is 2. The molecule has 0 atom stereocenters. The van der Waals surface area contributed by atoms with Crippen LogP contribution >= 0.6 is 0 Å². The molecule has 0 aliphatic carbocycles. The average molecular weight is 299 g/mol. The summed E-state index contributed by atoms with van der Waals surface area (Å²) < 4.78 is 5.05. The first-order chi connectivity index (χ1) is 10.7. The number of nitrogens with one attached hydrogen (secondary N) is 1. The first-order valence-corrected chi connectivity index (χ1v) is 7.28. The molecule has 3 rings (SSSR count). The Morgan fingerprint density at radius 1 is 1.36 bits per heavy atom. The maximum absolute atomic E-state index is 12.2. The number of amides is 1. The van der Waals surface area contributed by atoms with Crippen molar-refractivity contribution in [1.82, 2.24) is 15.1 Å². The van der Waals surface area contributed by atoms with E-state index >= 15 is 0 Å². The van der Waals surface area contributed by atoms with Crippen molar-refractivity contribution in [3.63, 3.8) is 0 Å². The number of rotatable bonds is 2. The van der Waals surface area contributed by atoms with Gasteiger partial charge in [-0.15, -0.1) is 0 Å². The van der Waals surface area contributed by atoms with Crippen molar-refractivity contribution in [2.24, 2.45) is 0 Å². The smallest absolute Gasteiger partial charge is 0.410 e. The zero-order chi connectivity index (χ0) is 15.5. The van der Waals surface area contributed by atoms with Crippen LogP contribution in [0.5, 0.6) is 0 Å². The van der Waals surface area contributed by atoms with Gasteiger partial charge in [-0.3, -0.25) is 4.79 Å². The molecule has 1 aromatic carbocycles. The topological polar surface area (TPSA) is 75.3 Å². The van der Waals surface area contributed by atoms with Gasteiger partial charge in [-0.05, 0) is 12.5 Å². The lowest BCUT2D eigenvalue weighted by atomic mass is 9.96. The molecule has 1 aromatic heterocycles. The second-order valence-electron chi connectivity index (χ2n) is 5.09. The van der Waals surface area contributed by atoms with E-state index in [4.69, 9.17) is 4.74 Å². The van der Waals surface area contributed by atoms with Crippen LogP contribution in [0.2, 0.25) is 0 Å². The highest BCUT2D eigenvalue weighted by Gasteiger charge is 2.26. The monoisotopic (exact) mass is 299 g/mol. The summed E-state index contributed by atoms with van der Waals surface area (Å²) in [6.45, 7) is 2.99. The van der Waals surface area contributed by atoms with Crippen LogP contribution in [0, 0.1) is 0 Å². The summed E-state index contributed by atoms with van der Waals surface area (Å²) in [6, 6.07) is 9.43. The summed E-state index contributed by atoms with van der Waals surface area (Å²) in [4.78, 5) is 25.8. The quantitative estimate of drug-likeness (QED) is 0.919. The molecule has 0 saturated heterocycles. The number of carbonyl (C=O) groups excluding carboxylic acids is 1. The predicted octanol–water partition coefficient (Wildman–Crippen LogP) is 1.95. The van der Waals surface area contributed by atoms with Crippen molar-refractivity contribution >= 4 is 6.09 Å². The van der Waals surface area contributed by atoms with Gasteiger partial charge in [0.15, 0.2) is 0 Å². The first-order valence-electron chi connectivity index (χ1n) is 7.28. The molecule has 1 aliphatic heterocycles. The van der Waals surface area contributed by atoms with Crippen LogP contribution in [0.1, 0.15) is 18.2 Å². The number of aromatic nitrogens is 2. The predicted molar refractivity (Wildman–Crippen MR) is 81.4 cm³/mol. The Bertz CT molecular complexity index is 740. The Kier molecular flexibility index (Phi) is 3.91. The number of benzene rings is 1. The summed E-state index contributed by atoms with van der Waals surface area (Å²) in [7, 11) is 0. The summed E-state index contributed by atoms with van der Waals surface area (Å²) in [5.74, 6) is 0. The van der Waals surface area contributed by atoms with E-state index in [1.165, 1.54) is 0 Å². The highest BCUT2D eigenvalue weighted by molar-refractivity contribution is 5.71. The second-order valence-corrected chi connectivity index (χ2v) is 5.09. The van der Waals surface area contributed by atoms with Crippen molar-refractivity contribution in [3.05, 3.63) is 51.9 Å². The van der Waals surface area contributed by atoms with Crippen molar-refractivity contribution in [1.29, 1.82) is 0 Å². The molecule has 22 heavy (non-hydrogen) atoms. The number of fused-ring (bicyclic) bond motifs is 1. The Morgan fingerprint density at radius 2 is 2.14 bits per heavy atom. The summed E-state index contributed by atoms with van der Waals surface area (Å²) >= 11 is 0. The van der Waals surface area contributed by atoms with Crippen molar-refractivity contribution in [2.75, 3.05) is 13.2 Å². The number of ether oxygens (including phenoxy) is 1. The third-order valence-electron chi connectivity index (χ3n) is 3.73. The minimum Gasteiger partial charge on any atom is -0.450 e. The van der Waals surface area contributed by atoms with Gasteiger partial charge in [0.05, 0.1) is 24.4 Å². The highest BCUT2D eigenvalue weighted by atomic mass is 16.6. The standard InChI is InChI=1S/C16H17N3O3/c1-2-22-16(21)19-9-8-13-12(10-19)14(15(20)18-17-13)11-6-4-3-5-7-11/h3-7H,2,8-10H2,1H3,(H,18,20). The molecular formula is C16H17N3O3. The summed E-state index contributed by atoms with van der Waals surface area (Å²) in [6.07, 6.45) is 0.248. The molecule has 0 unspecified atom stereocenters. The molecule has 0 fully saturated rings. The van der Waals surface area contributed by atoms with Crippen LogP contribution < -0.4 is 5.56 Å². The lowest BCUT2D eigenvalue weighted by molar-refractivity contribution is 0.102.